The summed E-state index contributed by atoms with van der Waals surface area (Å²) in [5, 5.41) is 4.51. The van der Waals surface area contributed by atoms with Crippen LogP contribution in [0.25, 0.3) is 22.0 Å². The quantitative estimate of drug-likeness (QED) is 0.470. The summed E-state index contributed by atoms with van der Waals surface area (Å²) in [6.45, 7) is 0.522. The van der Waals surface area contributed by atoms with Crippen LogP contribution in [0.2, 0.25) is 0 Å². The van der Waals surface area contributed by atoms with E-state index in [9.17, 15) is 17.6 Å². The molecule has 0 unspecified atom stereocenters. The normalized spacial score (nSPS) is 15.3. The summed E-state index contributed by atoms with van der Waals surface area (Å²) in [7, 11) is -3.54. The van der Waals surface area contributed by atoms with Crippen molar-refractivity contribution in [3.05, 3.63) is 90.4 Å². The number of halogens is 1. The molecule has 0 atom stereocenters. The van der Waals surface area contributed by atoms with Gasteiger partial charge in [-0.25, -0.2) is 12.8 Å². The van der Waals surface area contributed by atoms with Gasteiger partial charge in [0.15, 0.2) is 5.94 Å². The standard InChI is InChI=1S/C25H20FN3O4S/c26-23-10-7-19(15-22(23)24-21-4-2-1-3-17(21)11-12-27-24)28-25(30)18-5-8-20(9-6-18)29-13-14-33-16-34(29,31)32/h1-12,15H,13-14,16H2,(H,28,30). The van der Waals surface area contributed by atoms with Gasteiger partial charge in [0.05, 0.1) is 24.5 Å². The number of hydrogen-bond donors (Lipinski definition) is 1. The van der Waals surface area contributed by atoms with Crippen molar-refractivity contribution in [2.24, 2.45) is 0 Å². The van der Waals surface area contributed by atoms with E-state index in [4.69, 9.17) is 4.74 Å². The van der Waals surface area contributed by atoms with Gasteiger partial charge in [0.2, 0.25) is 0 Å². The number of aromatic nitrogens is 1. The van der Waals surface area contributed by atoms with Crippen molar-refractivity contribution in [1.29, 1.82) is 0 Å². The fraction of sp³-hybridized carbons (Fsp3) is 0.120. The van der Waals surface area contributed by atoms with Gasteiger partial charge in [0.25, 0.3) is 15.9 Å². The highest BCUT2D eigenvalue weighted by Gasteiger charge is 2.26. The van der Waals surface area contributed by atoms with E-state index < -0.39 is 21.7 Å². The number of sulfonamides is 1. The van der Waals surface area contributed by atoms with Crippen LogP contribution in [0.3, 0.4) is 0 Å². The first-order valence-corrected chi connectivity index (χ1v) is 12.2. The monoisotopic (exact) mass is 477 g/mol. The predicted molar refractivity (Wildman–Crippen MR) is 129 cm³/mol. The van der Waals surface area contributed by atoms with Crippen LogP contribution < -0.4 is 9.62 Å². The lowest BCUT2D eigenvalue weighted by Gasteiger charge is -2.28. The molecule has 0 bridgehead atoms. The molecule has 34 heavy (non-hydrogen) atoms. The van der Waals surface area contributed by atoms with E-state index in [1.165, 1.54) is 16.4 Å². The molecule has 3 aromatic carbocycles. The Morgan fingerprint density at radius 1 is 1.03 bits per heavy atom. The first kappa shape index (κ1) is 22.0. The Kier molecular flexibility index (Phi) is 5.72. The fourth-order valence-corrected chi connectivity index (χ4v) is 5.16. The lowest BCUT2D eigenvalue weighted by molar-refractivity contribution is 0.102. The summed E-state index contributed by atoms with van der Waals surface area (Å²) in [6, 6.07) is 20.0. The van der Waals surface area contributed by atoms with Gasteiger partial charge >= 0.3 is 0 Å². The van der Waals surface area contributed by atoms with Crippen LogP contribution in [0.5, 0.6) is 0 Å². The number of amides is 1. The van der Waals surface area contributed by atoms with Crippen LogP contribution in [-0.2, 0) is 14.8 Å². The highest BCUT2D eigenvalue weighted by atomic mass is 32.2. The molecule has 2 heterocycles. The summed E-state index contributed by atoms with van der Waals surface area (Å²) in [4.78, 5) is 17.2. The average molecular weight is 478 g/mol. The van der Waals surface area contributed by atoms with Gasteiger partial charge in [-0.1, -0.05) is 24.3 Å². The topological polar surface area (TPSA) is 88.6 Å². The van der Waals surface area contributed by atoms with Crippen LogP contribution in [-0.4, -0.2) is 38.4 Å². The molecule has 1 aliphatic rings. The first-order chi connectivity index (χ1) is 16.4. The average Bonchev–Trinajstić information content (AvgIpc) is 2.85. The van der Waals surface area contributed by atoms with Crippen molar-refractivity contribution >= 4 is 38.1 Å². The number of nitrogens with zero attached hydrogens (tertiary/aromatic N) is 2. The van der Waals surface area contributed by atoms with E-state index in [1.807, 2.05) is 30.3 Å². The maximum Gasteiger partial charge on any atom is 0.259 e. The molecule has 5 rings (SSSR count). The molecule has 1 aromatic heterocycles. The Hall–Kier alpha value is -3.82. The molecule has 1 amide bonds. The van der Waals surface area contributed by atoms with Crippen LogP contribution in [0, 0.1) is 5.82 Å². The Morgan fingerprint density at radius 2 is 1.82 bits per heavy atom. The molecule has 0 spiro atoms. The molecule has 9 heteroatoms. The summed E-state index contributed by atoms with van der Waals surface area (Å²) in [6.07, 6.45) is 1.62. The molecule has 0 aliphatic carbocycles. The molecular formula is C25H20FN3O4S. The molecule has 0 radical (unpaired) electrons. The number of pyridine rings is 1. The van der Waals surface area contributed by atoms with Crippen molar-refractivity contribution in [3.8, 4) is 11.3 Å². The maximum absolute atomic E-state index is 14.7. The highest BCUT2D eigenvalue weighted by Crippen LogP contribution is 2.30. The Labute approximate surface area is 195 Å². The number of rotatable bonds is 4. The van der Waals surface area contributed by atoms with Gasteiger partial charge in [0.1, 0.15) is 5.82 Å². The minimum absolute atomic E-state index is 0.217. The van der Waals surface area contributed by atoms with Crippen molar-refractivity contribution in [2.75, 3.05) is 28.7 Å². The molecule has 7 nitrogen and oxygen atoms in total. The van der Waals surface area contributed by atoms with Gasteiger partial charge in [-0.05, 0) is 53.9 Å². The van der Waals surface area contributed by atoms with E-state index in [0.717, 1.165) is 10.8 Å². The number of benzene rings is 3. The number of hydrogen-bond acceptors (Lipinski definition) is 5. The van der Waals surface area contributed by atoms with Gasteiger partial charge in [-0.2, -0.15) is 0 Å². The molecule has 1 aliphatic heterocycles. The van der Waals surface area contributed by atoms with Crippen LogP contribution in [0.15, 0.2) is 79.0 Å². The predicted octanol–water partition coefficient (Wildman–Crippen LogP) is 4.42. The third-order valence-electron chi connectivity index (χ3n) is 5.58. The summed E-state index contributed by atoms with van der Waals surface area (Å²) in [5.74, 6) is -1.22. The van der Waals surface area contributed by atoms with Crippen molar-refractivity contribution in [1.82, 2.24) is 4.98 Å². The first-order valence-electron chi connectivity index (χ1n) is 10.6. The van der Waals surface area contributed by atoms with Crippen LogP contribution in [0.4, 0.5) is 15.8 Å². The van der Waals surface area contributed by atoms with Gasteiger partial charge in [-0.3, -0.25) is 14.1 Å². The van der Waals surface area contributed by atoms with Crippen molar-refractivity contribution < 1.29 is 22.3 Å². The minimum atomic E-state index is -3.54. The molecule has 172 valence electrons. The number of fused-ring (bicyclic) bond motifs is 1. The zero-order valence-electron chi connectivity index (χ0n) is 17.9. The maximum atomic E-state index is 14.7. The van der Waals surface area contributed by atoms with E-state index in [1.54, 1.807) is 36.5 Å². The van der Waals surface area contributed by atoms with Crippen LogP contribution in [0.1, 0.15) is 10.4 Å². The second-order valence-corrected chi connectivity index (χ2v) is 9.63. The van der Waals surface area contributed by atoms with Crippen molar-refractivity contribution in [2.45, 2.75) is 0 Å². The van der Waals surface area contributed by atoms with Gasteiger partial charge in [0, 0.05) is 28.4 Å². The minimum Gasteiger partial charge on any atom is -0.362 e. The Balaban J connectivity index is 1.39. The third-order valence-corrected chi connectivity index (χ3v) is 7.11. The van der Waals surface area contributed by atoms with E-state index in [-0.39, 0.29) is 18.0 Å². The molecule has 4 aromatic rings. The Morgan fingerprint density at radius 3 is 2.62 bits per heavy atom. The van der Waals surface area contributed by atoms with Crippen molar-refractivity contribution in [3.63, 3.8) is 0 Å². The SMILES string of the molecule is O=C(Nc1ccc(F)c(-c2nccc3ccccc23)c1)c1ccc(N2CCOCS2(=O)=O)cc1. The zero-order chi connectivity index (χ0) is 23.7. The van der Waals surface area contributed by atoms with E-state index >= 15 is 0 Å². The summed E-state index contributed by atoms with van der Waals surface area (Å²) >= 11 is 0. The summed E-state index contributed by atoms with van der Waals surface area (Å²) < 4.78 is 45.4. The third kappa shape index (κ3) is 4.23. The molecule has 1 fully saturated rings. The fourth-order valence-electron chi connectivity index (χ4n) is 3.91. The lowest BCUT2D eigenvalue weighted by atomic mass is 10.0. The second kappa shape index (κ2) is 8.85. The molecule has 0 saturated carbocycles. The number of nitrogens with one attached hydrogen (secondary N) is 1. The van der Waals surface area contributed by atoms with Gasteiger partial charge in [-0.15, -0.1) is 0 Å². The van der Waals surface area contributed by atoms with Gasteiger partial charge < -0.3 is 10.1 Å². The number of carbonyl (C=O) groups is 1. The highest BCUT2D eigenvalue weighted by molar-refractivity contribution is 7.92. The number of ether oxygens (including phenoxy) is 1. The van der Waals surface area contributed by atoms with E-state index in [0.29, 0.717) is 29.2 Å². The van der Waals surface area contributed by atoms with Crippen LogP contribution >= 0.6 is 0 Å². The molecule has 1 N–H and O–H groups in total. The second-order valence-electron chi connectivity index (χ2n) is 7.79. The van der Waals surface area contributed by atoms with E-state index in [2.05, 4.69) is 10.3 Å². The smallest absolute Gasteiger partial charge is 0.259 e. The largest absolute Gasteiger partial charge is 0.362 e. The number of anilines is 2. The lowest BCUT2D eigenvalue weighted by Crippen LogP contribution is -2.41. The molecule has 1 saturated heterocycles. The zero-order valence-corrected chi connectivity index (χ0v) is 18.8. The molecular weight excluding hydrogens is 457 g/mol. The Bertz CT molecular complexity index is 1480. The summed E-state index contributed by atoms with van der Waals surface area (Å²) in [5.41, 5.74) is 1.98. The number of carbonyl (C=O) groups excluding carboxylic acids is 1.